The lowest BCUT2D eigenvalue weighted by atomic mass is 10.2. The summed E-state index contributed by atoms with van der Waals surface area (Å²) in [6.45, 7) is 1.59. The zero-order valence-corrected chi connectivity index (χ0v) is 19.3. The van der Waals surface area contributed by atoms with E-state index < -0.39 is 34.1 Å². The first-order valence-electron chi connectivity index (χ1n) is 11.0. The molecule has 3 aromatic rings. The average Bonchev–Trinajstić information content (AvgIpc) is 3.24. The van der Waals surface area contributed by atoms with Crippen molar-refractivity contribution in [2.24, 2.45) is 0 Å². The first kappa shape index (κ1) is 23.7. The predicted molar refractivity (Wildman–Crippen MR) is 127 cm³/mol. The summed E-state index contributed by atoms with van der Waals surface area (Å²) in [7, 11) is -4.18. The SMILES string of the molecule is O=C(CN(c1ccc(F)cc1)S(=O)(=O)c1ccc(F)cc1)NCCCN1CCc2ccccc21. The lowest BCUT2D eigenvalue weighted by Crippen LogP contribution is -2.41. The number of nitrogens with one attached hydrogen (secondary N) is 1. The number of fused-ring (bicyclic) bond motifs is 1. The molecule has 1 heterocycles. The molecule has 4 rings (SSSR count). The Morgan fingerprint density at radius 1 is 0.941 bits per heavy atom. The van der Waals surface area contributed by atoms with E-state index in [1.807, 2.05) is 12.1 Å². The highest BCUT2D eigenvalue weighted by molar-refractivity contribution is 7.92. The van der Waals surface area contributed by atoms with Crippen molar-refractivity contribution in [2.75, 3.05) is 35.4 Å². The molecule has 0 radical (unpaired) electrons. The Kier molecular flexibility index (Phi) is 7.12. The summed E-state index contributed by atoms with van der Waals surface area (Å²) < 4.78 is 54.0. The minimum absolute atomic E-state index is 0.134. The van der Waals surface area contributed by atoms with Crippen LogP contribution in [0.5, 0.6) is 0 Å². The van der Waals surface area contributed by atoms with Crippen molar-refractivity contribution in [2.45, 2.75) is 17.7 Å². The molecule has 178 valence electrons. The van der Waals surface area contributed by atoms with Crippen LogP contribution >= 0.6 is 0 Å². The smallest absolute Gasteiger partial charge is 0.264 e. The highest BCUT2D eigenvalue weighted by Crippen LogP contribution is 2.27. The van der Waals surface area contributed by atoms with Gasteiger partial charge in [-0.15, -0.1) is 0 Å². The van der Waals surface area contributed by atoms with Crippen molar-refractivity contribution in [1.82, 2.24) is 5.32 Å². The Morgan fingerprint density at radius 2 is 1.59 bits per heavy atom. The summed E-state index contributed by atoms with van der Waals surface area (Å²) in [5.41, 5.74) is 2.66. The van der Waals surface area contributed by atoms with Gasteiger partial charge in [0.25, 0.3) is 10.0 Å². The summed E-state index contributed by atoms with van der Waals surface area (Å²) in [4.78, 5) is 14.8. The summed E-state index contributed by atoms with van der Waals surface area (Å²) in [6, 6.07) is 17.4. The van der Waals surface area contributed by atoms with Crippen LogP contribution in [0.25, 0.3) is 0 Å². The van der Waals surface area contributed by atoms with Gasteiger partial charge in [-0.3, -0.25) is 9.10 Å². The number of carbonyl (C=O) groups is 1. The summed E-state index contributed by atoms with van der Waals surface area (Å²) in [5.74, 6) is -1.60. The second kappa shape index (κ2) is 10.2. The van der Waals surface area contributed by atoms with E-state index in [9.17, 15) is 22.0 Å². The molecule has 6 nitrogen and oxygen atoms in total. The van der Waals surface area contributed by atoms with Crippen molar-refractivity contribution in [3.05, 3.63) is 90.0 Å². The van der Waals surface area contributed by atoms with Crippen LogP contribution in [0.1, 0.15) is 12.0 Å². The number of amides is 1. The van der Waals surface area contributed by atoms with Crippen molar-refractivity contribution in [1.29, 1.82) is 0 Å². The van der Waals surface area contributed by atoms with Gasteiger partial charge >= 0.3 is 0 Å². The van der Waals surface area contributed by atoms with Crippen LogP contribution in [0, 0.1) is 11.6 Å². The average molecular weight is 486 g/mol. The van der Waals surface area contributed by atoms with Crippen LogP contribution in [0.2, 0.25) is 0 Å². The van der Waals surface area contributed by atoms with Crippen LogP contribution in [-0.4, -0.2) is 40.5 Å². The molecular formula is C25H25F2N3O3S. The predicted octanol–water partition coefficient (Wildman–Crippen LogP) is 3.73. The molecular weight excluding hydrogens is 460 g/mol. The van der Waals surface area contributed by atoms with E-state index in [4.69, 9.17) is 0 Å². The molecule has 0 unspecified atom stereocenters. The second-order valence-electron chi connectivity index (χ2n) is 8.01. The molecule has 1 N–H and O–H groups in total. The number of hydrogen-bond donors (Lipinski definition) is 1. The second-order valence-corrected chi connectivity index (χ2v) is 9.87. The van der Waals surface area contributed by atoms with Gasteiger partial charge < -0.3 is 10.2 Å². The molecule has 34 heavy (non-hydrogen) atoms. The zero-order valence-electron chi connectivity index (χ0n) is 18.5. The van der Waals surface area contributed by atoms with Gasteiger partial charge in [-0.2, -0.15) is 0 Å². The van der Waals surface area contributed by atoms with Crippen LogP contribution in [0.4, 0.5) is 20.2 Å². The molecule has 3 aromatic carbocycles. The van der Waals surface area contributed by atoms with Gasteiger partial charge in [0, 0.05) is 25.3 Å². The molecule has 0 saturated carbocycles. The minimum Gasteiger partial charge on any atom is -0.371 e. The van der Waals surface area contributed by atoms with Crippen molar-refractivity contribution >= 4 is 27.3 Å². The Bertz CT molecular complexity index is 1250. The molecule has 1 aliphatic heterocycles. The van der Waals surface area contributed by atoms with E-state index >= 15 is 0 Å². The summed E-state index contributed by atoms with van der Waals surface area (Å²) in [5, 5.41) is 2.77. The molecule has 1 aliphatic rings. The Balaban J connectivity index is 1.40. The van der Waals surface area contributed by atoms with Crippen LogP contribution in [-0.2, 0) is 21.2 Å². The van der Waals surface area contributed by atoms with Crippen LogP contribution in [0.3, 0.4) is 0 Å². The number of halogens is 2. The molecule has 0 spiro atoms. The largest absolute Gasteiger partial charge is 0.371 e. The highest BCUT2D eigenvalue weighted by atomic mass is 32.2. The molecule has 0 aromatic heterocycles. The molecule has 0 atom stereocenters. The third kappa shape index (κ3) is 5.36. The maximum atomic E-state index is 13.4. The quantitative estimate of drug-likeness (QED) is 0.469. The van der Waals surface area contributed by atoms with Gasteiger partial charge in [-0.25, -0.2) is 17.2 Å². The van der Waals surface area contributed by atoms with E-state index in [0.717, 1.165) is 60.2 Å². The van der Waals surface area contributed by atoms with Gasteiger partial charge in [-0.1, -0.05) is 18.2 Å². The first-order chi connectivity index (χ1) is 16.3. The molecule has 1 amide bonds. The number of sulfonamides is 1. The Morgan fingerprint density at radius 3 is 2.29 bits per heavy atom. The van der Waals surface area contributed by atoms with Crippen molar-refractivity contribution in [3.8, 4) is 0 Å². The standard InChI is InChI=1S/C25H25F2N3O3S/c26-20-6-10-22(11-7-20)30(34(32,33)23-12-8-21(27)9-13-23)18-25(31)28-15-3-16-29-17-14-19-4-1-2-5-24(19)29/h1-2,4-13H,3,14-18H2,(H,28,31). The fraction of sp³-hybridized carbons (Fsp3) is 0.240. The van der Waals surface area contributed by atoms with Gasteiger partial charge in [-0.05, 0) is 73.0 Å². The van der Waals surface area contributed by atoms with E-state index in [-0.39, 0.29) is 10.6 Å². The van der Waals surface area contributed by atoms with Gasteiger partial charge in [0.2, 0.25) is 5.91 Å². The van der Waals surface area contributed by atoms with E-state index in [1.54, 1.807) is 0 Å². The third-order valence-corrected chi connectivity index (χ3v) is 7.50. The van der Waals surface area contributed by atoms with Gasteiger partial charge in [0.1, 0.15) is 18.2 Å². The van der Waals surface area contributed by atoms with E-state index in [2.05, 4.69) is 22.3 Å². The van der Waals surface area contributed by atoms with Crippen LogP contribution in [0.15, 0.2) is 77.7 Å². The molecule has 0 fully saturated rings. The molecule has 0 bridgehead atoms. The van der Waals surface area contributed by atoms with E-state index in [0.29, 0.717) is 13.0 Å². The first-order valence-corrected chi connectivity index (χ1v) is 12.4. The zero-order chi connectivity index (χ0) is 24.1. The topological polar surface area (TPSA) is 69.7 Å². The molecule has 0 saturated heterocycles. The van der Waals surface area contributed by atoms with E-state index in [1.165, 1.54) is 23.4 Å². The number of anilines is 2. The third-order valence-electron chi connectivity index (χ3n) is 5.71. The number of hydrogen-bond acceptors (Lipinski definition) is 4. The lowest BCUT2D eigenvalue weighted by molar-refractivity contribution is -0.119. The minimum atomic E-state index is -4.18. The number of nitrogens with zero attached hydrogens (tertiary/aromatic N) is 2. The number of rotatable bonds is 9. The summed E-state index contributed by atoms with van der Waals surface area (Å²) in [6.07, 6.45) is 1.69. The van der Waals surface area contributed by atoms with Gasteiger partial charge in [0.15, 0.2) is 0 Å². The van der Waals surface area contributed by atoms with Crippen molar-refractivity contribution < 1.29 is 22.0 Å². The Hall–Kier alpha value is -3.46. The monoisotopic (exact) mass is 485 g/mol. The number of para-hydroxylation sites is 1. The maximum Gasteiger partial charge on any atom is 0.264 e. The summed E-state index contributed by atoms with van der Waals surface area (Å²) >= 11 is 0. The fourth-order valence-corrected chi connectivity index (χ4v) is 5.40. The Labute approximate surface area is 197 Å². The van der Waals surface area contributed by atoms with Crippen LogP contribution < -0.4 is 14.5 Å². The van der Waals surface area contributed by atoms with Crippen molar-refractivity contribution in [3.63, 3.8) is 0 Å². The normalized spacial score (nSPS) is 12.9. The lowest BCUT2D eigenvalue weighted by Gasteiger charge is -2.24. The number of carbonyl (C=O) groups excluding carboxylic acids is 1. The molecule has 9 heteroatoms. The fourth-order valence-electron chi connectivity index (χ4n) is 3.98. The number of benzene rings is 3. The molecule has 0 aliphatic carbocycles. The maximum absolute atomic E-state index is 13.4. The highest BCUT2D eigenvalue weighted by Gasteiger charge is 2.27. The van der Waals surface area contributed by atoms with Gasteiger partial charge in [0.05, 0.1) is 10.6 Å².